The van der Waals surface area contributed by atoms with Gasteiger partial charge in [-0.3, -0.25) is 0 Å². The smallest absolute Gasteiger partial charge is 0.101 e. The van der Waals surface area contributed by atoms with Gasteiger partial charge in [-0.2, -0.15) is 5.26 Å². The third-order valence-electron chi connectivity index (χ3n) is 2.49. The van der Waals surface area contributed by atoms with Crippen molar-refractivity contribution in [3.8, 4) is 6.07 Å². The maximum Gasteiger partial charge on any atom is 0.101 e. The molecule has 0 aliphatic rings. The van der Waals surface area contributed by atoms with Crippen molar-refractivity contribution in [3.05, 3.63) is 50.1 Å². The van der Waals surface area contributed by atoms with E-state index in [-0.39, 0.29) is 6.04 Å². The fourth-order valence-electron chi connectivity index (χ4n) is 1.58. The van der Waals surface area contributed by atoms with Gasteiger partial charge in [-0.15, -0.1) is 11.3 Å². The molecule has 1 unspecified atom stereocenters. The van der Waals surface area contributed by atoms with E-state index in [0.29, 0.717) is 10.6 Å². The molecule has 0 radical (unpaired) electrons. The second kappa shape index (κ2) is 5.62. The van der Waals surface area contributed by atoms with Gasteiger partial charge in [0.1, 0.15) is 6.07 Å². The summed E-state index contributed by atoms with van der Waals surface area (Å²) >= 11 is 13.3. The van der Waals surface area contributed by atoms with Gasteiger partial charge >= 0.3 is 0 Å². The van der Waals surface area contributed by atoms with E-state index in [4.69, 9.17) is 28.5 Å². The van der Waals surface area contributed by atoms with Crippen LogP contribution in [0.25, 0.3) is 0 Å². The molecule has 0 aliphatic carbocycles. The summed E-state index contributed by atoms with van der Waals surface area (Å²) in [6, 6.07) is 11.4. The largest absolute Gasteiger partial charge is 0.378 e. The first-order valence-corrected chi connectivity index (χ1v) is 6.89. The second-order valence-corrected chi connectivity index (χ2v) is 5.97. The van der Waals surface area contributed by atoms with Gasteiger partial charge in [0.2, 0.25) is 0 Å². The average Bonchev–Trinajstić information content (AvgIpc) is 2.78. The Hall–Kier alpha value is -1.21. The van der Waals surface area contributed by atoms with Gasteiger partial charge < -0.3 is 5.32 Å². The van der Waals surface area contributed by atoms with Crippen molar-refractivity contribution in [1.29, 1.82) is 5.26 Å². The fourth-order valence-corrected chi connectivity index (χ4v) is 2.81. The predicted octanol–water partition coefficient (Wildman–Crippen LogP) is 5.10. The number of nitrogens with zero attached hydrogens (tertiary/aromatic N) is 1. The molecule has 0 aliphatic heterocycles. The Labute approximate surface area is 120 Å². The van der Waals surface area contributed by atoms with Crippen LogP contribution in [-0.2, 0) is 0 Å². The zero-order valence-corrected chi connectivity index (χ0v) is 11.9. The molecule has 0 saturated carbocycles. The van der Waals surface area contributed by atoms with Crippen molar-refractivity contribution in [2.75, 3.05) is 5.32 Å². The topological polar surface area (TPSA) is 35.8 Å². The minimum Gasteiger partial charge on any atom is -0.378 e. The number of nitrogens with one attached hydrogen (secondary N) is 1. The predicted molar refractivity (Wildman–Crippen MR) is 77.5 cm³/mol. The van der Waals surface area contributed by atoms with E-state index in [0.717, 1.165) is 14.9 Å². The normalized spacial score (nSPS) is 11.9. The quantitative estimate of drug-likeness (QED) is 0.855. The molecule has 2 rings (SSSR count). The van der Waals surface area contributed by atoms with Crippen LogP contribution in [0.4, 0.5) is 5.69 Å². The van der Waals surface area contributed by atoms with Crippen LogP contribution >= 0.6 is 34.5 Å². The lowest BCUT2D eigenvalue weighted by molar-refractivity contribution is 0.908. The van der Waals surface area contributed by atoms with Crippen LogP contribution in [0, 0.1) is 11.3 Å². The van der Waals surface area contributed by atoms with E-state index >= 15 is 0 Å². The molecule has 2 nitrogen and oxygen atoms in total. The summed E-state index contributed by atoms with van der Waals surface area (Å²) in [6.45, 7) is 2.04. The molecule has 0 amide bonds. The summed E-state index contributed by atoms with van der Waals surface area (Å²) < 4.78 is 0.771. The molecule has 1 atom stereocenters. The first-order chi connectivity index (χ1) is 8.60. The van der Waals surface area contributed by atoms with Crippen molar-refractivity contribution in [2.24, 2.45) is 0 Å². The van der Waals surface area contributed by atoms with Crippen LogP contribution in [0.5, 0.6) is 0 Å². The molecule has 0 saturated heterocycles. The van der Waals surface area contributed by atoms with Crippen LogP contribution in [0.1, 0.15) is 23.4 Å². The number of nitriles is 1. The van der Waals surface area contributed by atoms with Gasteiger partial charge in [-0.1, -0.05) is 23.2 Å². The van der Waals surface area contributed by atoms with Crippen LogP contribution in [-0.4, -0.2) is 0 Å². The van der Waals surface area contributed by atoms with E-state index < -0.39 is 0 Å². The van der Waals surface area contributed by atoms with Crippen LogP contribution in [0.15, 0.2) is 30.3 Å². The third kappa shape index (κ3) is 2.97. The first-order valence-electron chi connectivity index (χ1n) is 5.31. The van der Waals surface area contributed by atoms with E-state index in [2.05, 4.69) is 11.4 Å². The molecule has 5 heteroatoms. The highest BCUT2D eigenvalue weighted by Gasteiger charge is 2.09. The van der Waals surface area contributed by atoms with Crippen molar-refractivity contribution in [1.82, 2.24) is 0 Å². The first kappa shape index (κ1) is 13.2. The standard InChI is InChI=1S/C13H10Cl2N2S/c1-8(12-4-5-13(15)18-12)17-10-2-3-11(14)9(6-10)7-16/h2-6,8,17H,1H3. The number of hydrogen-bond acceptors (Lipinski definition) is 3. The monoisotopic (exact) mass is 296 g/mol. The lowest BCUT2D eigenvalue weighted by atomic mass is 10.2. The molecule has 1 N–H and O–H groups in total. The van der Waals surface area contributed by atoms with Crippen LogP contribution in [0.3, 0.4) is 0 Å². The minimum absolute atomic E-state index is 0.134. The van der Waals surface area contributed by atoms with Gasteiger partial charge in [-0.05, 0) is 37.3 Å². The molecule has 1 aromatic carbocycles. The van der Waals surface area contributed by atoms with Crippen molar-refractivity contribution >= 4 is 40.2 Å². The lowest BCUT2D eigenvalue weighted by Gasteiger charge is -2.14. The molecule has 0 spiro atoms. The number of benzene rings is 1. The molecule has 0 fully saturated rings. The average molecular weight is 297 g/mol. The zero-order chi connectivity index (χ0) is 13.1. The molecule has 2 aromatic rings. The van der Waals surface area contributed by atoms with Crippen molar-refractivity contribution in [3.63, 3.8) is 0 Å². The second-order valence-electron chi connectivity index (χ2n) is 3.81. The summed E-state index contributed by atoms with van der Waals surface area (Å²) in [5.41, 5.74) is 1.34. The summed E-state index contributed by atoms with van der Waals surface area (Å²) in [6.07, 6.45) is 0. The van der Waals surface area contributed by atoms with E-state index in [1.165, 1.54) is 0 Å². The van der Waals surface area contributed by atoms with E-state index in [9.17, 15) is 0 Å². The Morgan fingerprint density at radius 1 is 1.28 bits per heavy atom. The highest BCUT2D eigenvalue weighted by atomic mass is 35.5. The number of halogens is 2. The van der Waals surface area contributed by atoms with Gasteiger partial charge in [-0.25, -0.2) is 0 Å². The van der Waals surface area contributed by atoms with Crippen LogP contribution in [0.2, 0.25) is 9.36 Å². The van der Waals surface area contributed by atoms with Crippen molar-refractivity contribution in [2.45, 2.75) is 13.0 Å². The molecule has 18 heavy (non-hydrogen) atoms. The Bertz CT molecular complexity index is 601. The Balaban J connectivity index is 2.17. The van der Waals surface area contributed by atoms with E-state index in [1.807, 2.05) is 25.1 Å². The number of rotatable bonds is 3. The summed E-state index contributed by atoms with van der Waals surface area (Å²) in [5, 5.41) is 12.7. The number of hydrogen-bond donors (Lipinski definition) is 1. The molecular formula is C13H10Cl2N2S. The lowest BCUT2D eigenvalue weighted by Crippen LogP contribution is -2.04. The number of anilines is 1. The molecule has 0 bridgehead atoms. The highest BCUT2D eigenvalue weighted by molar-refractivity contribution is 7.16. The summed E-state index contributed by atoms with van der Waals surface area (Å²) in [5.74, 6) is 0. The zero-order valence-electron chi connectivity index (χ0n) is 9.58. The van der Waals surface area contributed by atoms with Gasteiger partial charge in [0.05, 0.1) is 21.0 Å². The number of thiophene rings is 1. The van der Waals surface area contributed by atoms with Gasteiger partial charge in [0.15, 0.2) is 0 Å². The summed E-state index contributed by atoms with van der Waals surface area (Å²) in [7, 11) is 0. The van der Waals surface area contributed by atoms with Crippen LogP contribution < -0.4 is 5.32 Å². The van der Waals surface area contributed by atoms with Gasteiger partial charge in [0, 0.05) is 10.6 Å². The Kier molecular flexibility index (Phi) is 4.13. The minimum atomic E-state index is 0.134. The van der Waals surface area contributed by atoms with Crippen molar-refractivity contribution < 1.29 is 0 Å². The summed E-state index contributed by atoms with van der Waals surface area (Å²) in [4.78, 5) is 1.15. The third-order valence-corrected chi connectivity index (χ3v) is 4.23. The van der Waals surface area contributed by atoms with E-state index in [1.54, 1.807) is 23.5 Å². The maximum atomic E-state index is 8.92. The highest BCUT2D eigenvalue weighted by Crippen LogP contribution is 2.29. The Morgan fingerprint density at radius 2 is 2.06 bits per heavy atom. The Morgan fingerprint density at radius 3 is 2.67 bits per heavy atom. The van der Waals surface area contributed by atoms with Gasteiger partial charge in [0.25, 0.3) is 0 Å². The molecule has 1 heterocycles. The molecule has 1 aromatic heterocycles. The molecular weight excluding hydrogens is 287 g/mol. The SMILES string of the molecule is CC(Nc1ccc(Cl)c(C#N)c1)c1ccc(Cl)s1. The molecule has 92 valence electrons. The fraction of sp³-hybridized carbons (Fsp3) is 0.154. The maximum absolute atomic E-state index is 8.92.